The van der Waals surface area contributed by atoms with E-state index in [-0.39, 0.29) is 0 Å². The molecule has 0 unspecified atom stereocenters. The normalized spacial score (nSPS) is 31.4. The molecular formula is C10H20. The van der Waals surface area contributed by atoms with E-state index in [9.17, 15) is 0 Å². The fraction of sp³-hybridized carbons (Fsp3) is 0.800. The van der Waals surface area contributed by atoms with Crippen molar-refractivity contribution in [2.24, 2.45) is 11.8 Å². The highest BCUT2D eigenvalue weighted by Gasteiger charge is 2.21. The van der Waals surface area contributed by atoms with E-state index in [0.29, 0.717) is 0 Å². The maximum Gasteiger partial charge on any atom is -0.0209 e. The molecule has 10 heavy (non-hydrogen) atoms. The Morgan fingerprint density at radius 1 is 1.30 bits per heavy atom. The molecule has 1 aliphatic rings. The van der Waals surface area contributed by atoms with Crippen molar-refractivity contribution in [1.29, 1.82) is 0 Å². The summed E-state index contributed by atoms with van der Waals surface area (Å²) in [6.07, 6.45) is 2.63. The molecule has 1 saturated carbocycles. The first-order valence-corrected chi connectivity index (χ1v) is 4.39. The zero-order chi connectivity index (χ0) is 8.15. The molecule has 0 spiro atoms. The smallest absolute Gasteiger partial charge is 0.0209 e. The van der Waals surface area contributed by atoms with Crippen molar-refractivity contribution in [3.8, 4) is 0 Å². The van der Waals surface area contributed by atoms with Gasteiger partial charge in [-0.05, 0) is 24.7 Å². The molecule has 0 aliphatic heterocycles. The highest BCUT2D eigenvalue weighted by molar-refractivity contribution is 5.06. The summed E-state index contributed by atoms with van der Waals surface area (Å²) in [5.74, 6) is 1.68. The lowest BCUT2D eigenvalue weighted by Crippen LogP contribution is -1.97. The maximum atomic E-state index is 3.99. The van der Waals surface area contributed by atoms with Crippen LogP contribution in [0.2, 0.25) is 0 Å². The average Bonchev–Trinajstić information content (AvgIpc) is 2.25. The van der Waals surface area contributed by atoms with Crippen LogP contribution < -0.4 is 0 Å². The molecule has 2 atom stereocenters. The van der Waals surface area contributed by atoms with Gasteiger partial charge in [-0.25, -0.2) is 0 Å². The Kier molecular flexibility index (Phi) is 4.42. The van der Waals surface area contributed by atoms with Crippen LogP contribution in [0.4, 0.5) is 0 Å². The van der Waals surface area contributed by atoms with Gasteiger partial charge in [-0.15, -0.1) is 0 Å². The number of rotatable bonds is 0. The summed E-state index contributed by atoms with van der Waals surface area (Å²) in [6.45, 7) is 12.6. The number of hydrogen-bond donors (Lipinski definition) is 0. The van der Waals surface area contributed by atoms with Gasteiger partial charge in [0.15, 0.2) is 0 Å². The quantitative estimate of drug-likeness (QED) is 0.451. The van der Waals surface area contributed by atoms with Crippen LogP contribution in [0.1, 0.15) is 40.5 Å². The fourth-order valence-electron chi connectivity index (χ4n) is 1.29. The third-order valence-electron chi connectivity index (χ3n) is 2.42. The van der Waals surface area contributed by atoms with E-state index in [1.165, 1.54) is 18.4 Å². The molecule has 0 nitrogen and oxygen atoms in total. The average molecular weight is 140 g/mol. The number of allylic oxidation sites excluding steroid dienone is 1. The summed E-state index contributed by atoms with van der Waals surface area (Å²) in [5.41, 5.74) is 1.46. The molecule has 60 valence electrons. The summed E-state index contributed by atoms with van der Waals surface area (Å²) in [5, 5.41) is 0. The highest BCUT2D eigenvalue weighted by atomic mass is 14.3. The van der Waals surface area contributed by atoms with Crippen LogP contribution in [0.15, 0.2) is 12.2 Å². The zero-order valence-electron chi connectivity index (χ0n) is 7.78. The topological polar surface area (TPSA) is 0 Å². The Morgan fingerprint density at radius 3 is 1.90 bits per heavy atom. The molecule has 0 saturated heterocycles. The Morgan fingerprint density at radius 2 is 1.80 bits per heavy atom. The largest absolute Gasteiger partial charge is 0.0996 e. The summed E-state index contributed by atoms with van der Waals surface area (Å²) in [6, 6.07) is 0. The van der Waals surface area contributed by atoms with Crippen LogP contribution in [0.5, 0.6) is 0 Å². The standard InChI is InChI=1S/C8H14.C2H6/c1-6-4-5-7(2)8(6)3;1-2/h7-8H,1,4-5H2,2-3H3;1-2H3/t7-,8-;/m0./s1. The van der Waals surface area contributed by atoms with Crippen LogP contribution in [0.25, 0.3) is 0 Å². The van der Waals surface area contributed by atoms with Gasteiger partial charge in [-0.3, -0.25) is 0 Å². The lowest BCUT2D eigenvalue weighted by atomic mass is 9.99. The first kappa shape index (κ1) is 9.74. The van der Waals surface area contributed by atoms with Gasteiger partial charge in [-0.2, -0.15) is 0 Å². The lowest BCUT2D eigenvalue weighted by molar-refractivity contribution is 0.494. The van der Waals surface area contributed by atoms with Crippen molar-refractivity contribution in [3.63, 3.8) is 0 Å². The van der Waals surface area contributed by atoms with Crippen LogP contribution in [-0.2, 0) is 0 Å². The molecule has 0 N–H and O–H groups in total. The highest BCUT2D eigenvalue weighted by Crippen LogP contribution is 2.34. The minimum atomic E-state index is 0.787. The van der Waals surface area contributed by atoms with Crippen molar-refractivity contribution in [2.45, 2.75) is 40.5 Å². The van der Waals surface area contributed by atoms with E-state index in [4.69, 9.17) is 0 Å². The second-order valence-corrected chi connectivity index (χ2v) is 2.96. The Bertz CT molecular complexity index is 103. The minimum absolute atomic E-state index is 0.787. The van der Waals surface area contributed by atoms with Gasteiger partial charge in [0.05, 0.1) is 0 Å². The third kappa shape index (κ3) is 2.17. The molecule has 1 rings (SSSR count). The van der Waals surface area contributed by atoms with E-state index in [2.05, 4.69) is 20.4 Å². The first-order valence-electron chi connectivity index (χ1n) is 4.39. The predicted molar refractivity (Wildman–Crippen MR) is 48.1 cm³/mol. The molecule has 0 aromatic rings. The summed E-state index contributed by atoms with van der Waals surface area (Å²) in [7, 11) is 0. The molecule has 0 aromatic heterocycles. The molecule has 0 heteroatoms. The van der Waals surface area contributed by atoms with E-state index < -0.39 is 0 Å². The summed E-state index contributed by atoms with van der Waals surface area (Å²) >= 11 is 0. The SMILES string of the molecule is C=C1CC[C@H](C)[C@H]1C.CC. The molecular weight excluding hydrogens is 120 g/mol. The van der Waals surface area contributed by atoms with Gasteiger partial charge in [-0.1, -0.05) is 39.8 Å². The summed E-state index contributed by atoms with van der Waals surface area (Å²) in [4.78, 5) is 0. The van der Waals surface area contributed by atoms with Crippen molar-refractivity contribution >= 4 is 0 Å². The Balaban J connectivity index is 0.000000371. The van der Waals surface area contributed by atoms with Crippen molar-refractivity contribution in [3.05, 3.63) is 12.2 Å². The minimum Gasteiger partial charge on any atom is -0.0996 e. The molecule has 0 aromatic carbocycles. The van der Waals surface area contributed by atoms with E-state index in [0.717, 1.165) is 11.8 Å². The first-order chi connectivity index (χ1) is 4.72. The second kappa shape index (κ2) is 4.54. The van der Waals surface area contributed by atoms with Gasteiger partial charge < -0.3 is 0 Å². The monoisotopic (exact) mass is 140 g/mol. The molecule has 0 amide bonds. The van der Waals surface area contributed by atoms with Gasteiger partial charge in [0, 0.05) is 0 Å². The fourth-order valence-corrected chi connectivity index (χ4v) is 1.29. The van der Waals surface area contributed by atoms with Crippen LogP contribution >= 0.6 is 0 Å². The van der Waals surface area contributed by atoms with Crippen LogP contribution in [0.3, 0.4) is 0 Å². The zero-order valence-corrected chi connectivity index (χ0v) is 7.78. The second-order valence-electron chi connectivity index (χ2n) is 2.96. The van der Waals surface area contributed by atoms with Gasteiger partial charge >= 0.3 is 0 Å². The Labute approximate surface area is 65.3 Å². The molecule has 0 bridgehead atoms. The molecule has 0 radical (unpaired) electrons. The maximum absolute atomic E-state index is 3.99. The molecule has 1 aliphatic carbocycles. The van der Waals surface area contributed by atoms with E-state index in [1.807, 2.05) is 13.8 Å². The molecule has 0 heterocycles. The predicted octanol–water partition coefficient (Wildman–Crippen LogP) is 3.63. The van der Waals surface area contributed by atoms with Gasteiger partial charge in [0.2, 0.25) is 0 Å². The van der Waals surface area contributed by atoms with Gasteiger partial charge in [0.1, 0.15) is 0 Å². The van der Waals surface area contributed by atoms with Crippen molar-refractivity contribution in [1.82, 2.24) is 0 Å². The van der Waals surface area contributed by atoms with E-state index >= 15 is 0 Å². The van der Waals surface area contributed by atoms with E-state index in [1.54, 1.807) is 0 Å². The Hall–Kier alpha value is -0.260. The van der Waals surface area contributed by atoms with Crippen LogP contribution in [0, 0.1) is 11.8 Å². The van der Waals surface area contributed by atoms with Crippen molar-refractivity contribution in [2.75, 3.05) is 0 Å². The van der Waals surface area contributed by atoms with Gasteiger partial charge in [0.25, 0.3) is 0 Å². The lowest BCUT2D eigenvalue weighted by Gasteiger charge is -2.07. The summed E-state index contributed by atoms with van der Waals surface area (Å²) < 4.78 is 0. The third-order valence-corrected chi connectivity index (χ3v) is 2.42. The number of hydrogen-bond acceptors (Lipinski definition) is 0. The molecule has 1 fully saturated rings. The van der Waals surface area contributed by atoms with Crippen molar-refractivity contribution < 1.29 is 0 Å². The van der Waals surface area contributed by atoms with Crippen LogP contribution in [-0.4, -0.2) is 0 Å².